The van der Waals surface area contributed by atoms with Gasteiger partial charge in [0.2, 0.25) is 5.91 Å². The fraction of sp³-hybridized carbons (Fsp3) is 0.391. The van der Waals surface area contributed by atoms with Crippen LogP contribution in [0.3, 0.4) is 0 Å². The molecule has 0 spiro atoms. The molecule has 0 saturated carbocycles. The number of ether oxygens (including phenoxy) is 3. The molecule has 0 bridgehead atoms. The lowest BCUT2D eigenvalue weighted by Crippen LogP contribution is -2.39. The van der Waals surface area contributed by atoms with Crippen LogP contribution in [-0.2, 0) is 16.0 Å². The molecule has 0 unspecified atom stereocenters. The molecule has 160 valence electrons. The van der Waals surface area contributed by atoms with Gasteiger partial charge in [-0.25, -0.2) is 4.90 Å². The Morgan fingerprint density at radius 1 is 1.00 bits per heavy atom. The minimum Gasteiger partial charge on any atom is -0.497 e. The van der Waals surface area contributed by atoms with E-state index in [0.29, 0.717) is 37.6 Å². The first-order valence-electron chi connectivity index (χ1n) is 10.2. The highest BCUT2D eigenvalue weighted by molar-refractivity contribution is 6.22. The van der Waals surface area contributed by atoms with Crippen molar-refractivity contribution in [1.29, 1.82) is 0 Å². The SMILES string of the molecule is CCOc1ccc(CCN[C@H]2CC(=O)N(c3ccc(OC)cc3)C2=O)cc1OCC. The number of carbonyl (C=O) groups excluding carboxylic acids is 2. The molecule has 1 fully saturated rings. The zero-order valence-corrected chi connectivity index (χ0v) is 17.6. The second-order valence-electron chi connectivity index (χ2n) is 6.87. The lowest BCUT2D eigenvalue weighted by Gasteiger charge is -2.16. The molecule has 7 heteroatoms. The largest absolute Gasteiger partial charge is 0.497 e. The highest BCUT2D eigenvalue weighted by atomic mass is 16.5. The summed E-state index contributed by atoms with van der Waals surface area (Å²) >= 11 is 0. The van der Waals surface area contributed by atoms with E-state index in [1.54, 1.807) is 31.4 Å². The van der Waals surface area contributed by atoms with Gasteiger partial charge in [0.05, 0.1) is 38.5 Å². The van der Waals surface area contributed by atoms with Crippen LogP contribution in [0.4, 0.5) is 5.69 Å². The molecular weight excluding hydrogens is 384 g/mol. The number of anilines is 1. The van der Waals surface area contributed by atoms with Crippen LogP contribution in [0, 0.1) is 0 Å². The van der Waals surface area contributed by atoms with Crippen LogP contribution in [0.2, 0.25) is 0 Å². The lowest BCUT2D eigenvalue weighted by atomic mass is 10.1. The van der Waals surface area contributed by atoms with Crippen molar-refractivity contribution in [2.24, 2.45) is 0 Å². The topological polar surface area (TPSA) is 77.1 Å². The Labute approximate surface area is 176 Å². The minimum absolute atomic E-state index is 0.151. The first-order chi connectivity index (χ1) is 14.6. The summed E-state index contributed by atoms with van der Waals surface area (Å²) in [6, 6.07) is 12.2. The van der Waals surface area contributed by atoms with E-state index in [1.807, 2.05) is 32.0 Å². The predicted octanol–water partition coefficient (Wildman–Crippen LogP) is 2.96. The molecule has 7 nitrogen and oxygen atoms in total. The van der Waals surface area contributed by atoms with E-state index in [-0.39, 0.29) is 18.2 Å². The van der Waals surface area contributed by atoms with E-state index >= 15 is 0 Å². The van der Waals surface area contributed by atoms with Crippen LogP contribution < -0.4 is 24.4 Å². The third-order valence-electron chi connectivity index (χ3n) is 4.89. The van der Waals surface area contributed by atoms with Crippen LogP contribution in [0.15, 0.2) is 42.5 Å². The molecule has 30 heavy (non-hydrogen) atoms. The number of imide groups is 1. The number of carbonyl (C=O) groups is 2. The zero-order valence-electron chi connectivity index (χ0n) is 17.6. The quantitative estimate of drug-likeness (QED) is 0.605. The summed E-state index contributed by atoms with van der Waals surface area (Å²) < 4.78 is 16.4. The Balaban J connectivity index is 1.59. The number of nitrogens with one attached hydrogen (secondary N) is 1. The molecule has 1 aliphatic heterocycles. The van der Waals surface area contributed by atoms with Crippen molar-refractivity contribution >= 4 is 17.5 Å². The second-order valence-corrected chi connectivity index (χ2v) is 6.87. The number of methoxy groups -OCH3 is 1. The third-order valence-corrected chi connectivity index (χ3v) is 4.89. The first-order valence-corrected chi connectivity index (χ1v) is 10.2. The summed E-state index contributed by atoms with van der Waals surface area (Å²) in [7, 11) is 1.57. The number of hydrogen-bond donors (Lipinski definition) is 1. The predicted molar refractivity (Wildman–Crippen MR) is 114 cm³/mol. The van der Waals surface area contributed by atoms with Gasteiger partial charge in [-0.15, -0.1) is 0 Å². The Hall–Kier alpha value is -3.06. The van der Waals surface area contributed by atoms with Crippen LogP contribution in [0.5, 0.6) is 17.2 Å². The Morgan fingerprint density at radius 2 is 1.70 bits per heavy atom. The molecule has 0 aliphatic carbocycles. The summed E-state index contributed by atoms with van der Waals surface area (Å²) in [4.78, 5) is 26.4. The Morgan fingerprint density at radius 3 is 2.37 bits per heavy atom. The van der Waals surface area contributed by atoms with Crippen molar-refractivity contribution in [3.63, 3.8) is 0 Å². The fourth-order valence-electron chi connectivity index (χ4n) is 3.44. The molecule has 1 atom stereocenters. The molecule has 2 amide bonds. The third kappa shape index (κ3) is 4.91. The number of benzene rings is 2. The fourth-order valence-corrected chi connectivity index (χ4v) is 3.44. The summed E-state index contributed by atoms with van der Waals surface area (Å²) in [6.07, 6.45) is 0.853. The van der Waals surface area contributed by atoms with E-state index in [2.05, 4.69) is 5.32 Å². The maximum absolute atomic E-state index is 12.7. The molecule has 1 saturated heterocycles. The first kappa shape index (κ1) is 21.6. The highest BCUT2D eigenvalue weighted by Gasteiger charge is 2.39. The molecular formula is C23H28N2O5. The molecule has 1 heterocycles. The van der Waals surface area contributed by atoms with Gasteiger partial charge in [-0.3, -0.25) is 9.59 Å². The maximum Gasteiger partial charge on any atom is 0.251 e. The van der Waals surface area contributed by atoms with Gasteiger partial charge < -0.3 is 19.5 Å². The van der Waals surface area contributed by atoms with Gasteiger partial charge in [0.1, 0.15) is 5.75 Å². The van der Waals surface area contributed by atoms with Gasteiger partial charge in [-0.2, -0.15) is 0 Å². The smallest absolute Gasteiger partial charge is 0.251 e. The van der Waals surface area contributed by atoms with Crippen molar-refractivity contribution in [2.45, 2.75) is 32.7 Å². The van der Waals surface area contributed by atoms with Gasteiger partial charge in [-0.1, -0.05) is 6.07 Å². The number of nitrogens with zero attached hydrogens (tertiary/aromatic N) is 1. The zero-order chi connectivity index (χ0) is 21.5. The van der Waals surface area contributed by atoms with Crippen LogP contribution in [0.25, 0.3) is 0 Å². The van der Waals surface area contributed by atoms with Crippen LogP contribution >= 0.6 is 0 Å². The van der Waals surface area contributed by atoms with Crippen LogP contribution in [-0.4, -0.2) is 44.7 Å². The van der Waals surface area contributed by atoms with Crippen molar-refractivity contribution in [3.05, 3.63) is 48.0 Å². The maximum atomic E-state index is 12.7. The Kier molecular flexibility index (Phi) is 7.30. The molecule has 0 radical (unpaired) electrons. The summed E-state index contributed by atoms with van der Waals surface area (Å²) in [5.41, 5.74) is 1.63. The molecule has 0 aromatic heterocycles. The standard InChI is InChI=1S/C23H28N2O5/c1-4-29-20-11-6-16(14-21(20)30-5-2)12-13-24-19-15-22(26)25(23(19)27)17-7-9-18(28-3)10-8-17/h6-11,14,19,24H,4-5,12-13,15H2,1-3H3/t19-/m0/s1. The van der Waals surface area contributed by atoms with E-state index < -0.39 is 6.04 Å². The van der Waals surface area contributed by atoms with Gasteiger partial charge in [0.15, 0.2) is 11.5 Å². The van der Waals surface area contributed by atoms with Gasteiger partial charge >= 0.3 is 0 Å². The summed E-state index contributed by atoms with van der Waals surface area (Å²) in [5.74, 6) is 1.68. The number of amides is 2. The molecule has 1 N–H and O–H groups in total. The van der Waals surface area contributed by atoms with Crippen molar-refractivity contribution in [1.82, 2.24) is 5.32 Å². The van der Waals surface area contributed by atoms with Crippen molar-refractivity contribution in [2.75, 3.05) is 31.8 Å². The average molecular weight is 412 g/mol. The second kappa shape index (κ2) is 10.1. The molecule has 2 aromatic carbocycles. The Bertz CT molecular complexity index is 882. The number of hydrogen-bond acceptors (Lipinski definition) is 6. The van der Waals surface area contributed by atoms with E-state index in [4.69, 9.17) is 14.2 Å². The van der Waals surface area contributed by atoms with Crippen LogP contribution in [0.1, 0.15) is 25.8 Å². The van der Waals surface area contributed by atoms with E-state index in [0.717, 1.165) is 17.1 Å². The van der Waals surface area contributed by atoms with Crippen molar-refractivity contribution in [3.8, 4) is 17.2 Å². The van der Waals surface area contributed by atoms with Gasteiger partial charge in [0.25, 0.3) is 5.91 Å². The molecule has 3 rings (SSSR count). The molecule has 2 aromatic rings. The van der Waals surface area contributed by atoms with Gasteiger partial charge in [0, 0.05) is 0 Å². The average Bonchev–Trinajstić information content (AvgIpc) is 3.03. The number of rotatable bonds is 10. The highest BCUT2D eigenvalue weighted by Crippen LogP contribution is 2.29. The summed E-state index contributed by atoms with van der Waals surface area (Å²) in [6.45, 7) is 5.56. The monoisotopic (exact) mass is 412 g/mol. The summed E-state index contributed by atoms with van der Waals surface area (Å²) in [5, 5.41) is 3.21. The normalized spacial score (nSPS) is 16.1. The van der Waals surface area contributed by atoms with E-state index in [9.17, 15) is 9.59 Å². The van der Waals surface area contributed by atoms with E-state index in [1.165, 1.54) is 4.90 Å². The minimum atomic E-state index is -0.520. The van der Waals surface area contributed by atoms with Gasteiger partial charge in [-0.05, 0) is 68.8 Å². The van der Waals surface area contributed by atoms with Crippen molar-refractivity contribution < 1.29 is 23.8 Å². The lowest BCUT2D eigenvalue weighted by molar-refractivity contribution is -0.121. The molecule has 1 aliphatic rings.